The Morgan fingerprint density at radius 2 is 1.25 bits per heavy atom. The Balaban J connectivity index is 2.30. The van der Waals surface area contributed by atoms with Crippen LogP contribution in [0.2, 0.25) is 0 Å². The summed E-state index contributed by atoms with van der Waals surface area (Å²) < 4.78 is 16.4. The van der Waals surface area contributed by atoms with Crippen LogP contribution in [0.5, 0.6) is 0 Å². The summed E-state index contributed by atoms with van der Waals surface area (Å²) in [5, 5.41) is 2.27. The van der Waals surface area contributed by atoms with Gasteiger partial charge >= 0.3 is 17.9 Å². The van der Waals surface area contributed by atoms with E-state index in [1.165, 1.54) is 0 Å². The minimum Gasteiger partial charge on any atom is -0.466 e. The van der Waals surface area contributed by atoms with Crippen molar-refractivity contribution >= 4 is 34.8 Å². The second kappa shape index (κ2) is 18.8. The zero-order chi connectivity index (χ0) is 29.1. The fraction of sp³-hybridized carbons (Fsp3) is 0.500. The molecule has 0 spiro atoms. The molecule has 0 atom stereocenters. The summed E-state index contributed by atoms with van der Waals surface area (Å²) in [5.41, 5.74) is -0.109. The third-order valence-electron chi connectivity index (χ3n) is 6.84. The zero-order valence-corrected chi connectivity index (χ0v) is 24.5. The van der Waals surface area contributed by atoms with Gasteiger partial charge in [0, 0.05) is 12.8 Å². The molecule has 2 aromatic rings. The summed E-state index contributed by atoms with van der Waals surface area (Å²) in [7, 11) is 0. The van der Waals surface area contributed by atoms with Gasteiger partial charge in [0.15, 0.2) is 0 Å². The van der Waals surface area contributed by atoms with Crippen molar-refractivity contribution in [3.8, 4) is 0 Å². The second-order valence-electron chi connectivity index (χ2n) is 10.1. The minimum absolute atomic E-state index is 0.0504. The van der Waals surface area contributed by atoms with Crippen LogP contribution in [0.3, 0.4) is 0 Å². The molecule has 0 unspecified atom stereocenters. The monoisotopic (exact) mass is 550 g/mol. The van der Waals surface area contributed by atoms with Gasteiger partial charge in [-0.1, -0.05) is 107 Å². The van der Waals surface area contributed by atoms with Crippen LogP contribution in [-0.2, 0) is 28.6 Å². The summed E-state index contributed by atoms with van der Waals surface area (Å²) in [4.78, 5) is 38.5. The third-order valence-corrected chi connectivity index (χ3v) is 6.84. The van der Waals surface area contributed by atoms with Crippen LogP contribution in [0.4, 0.5) is 0 Å². The van der Waals surface area contributed by atoms with Gasteiger partial charge in [-0.2, -0.15) is 0 Å². The molecule has 0 aliphatic heterocycles. The topological polar surface area (TPSA) is 78.9 Å². The van der Waals surface area contributed by atoms with Gasteiger partial charge in [0.05, 0.1) is 25.2 Å². The lowest BCUT2D eigenvalue weighted by Crippen LogP contribution is -2.33. The summed E-state index contributed by atoms with van der Waals surface area (Å²) in [6, 6.07) is 14.3. The number of ether oxygens (including phenoxy) is 3. The van der Waals surface area contributed by atoms with Gasteiger partial charge in [-0.25, -0.2) is 0 Å². The number of carbonyl (C=O) groups is 3. The van der Waals surface area contributed by atoms with Gasteiger partial charge in [0.25, 0.3) is 0 Å². The molecule has 218 valence electrons. The maximum atomic E-state index is 13.5. The van der Waals surface area contributed by atoms with Crippen LogP contribution < -0.4 is 0 Å². The average molecular weight is 551 g/mol. The van der Waals surface area contributed by atoms with Crippen molar-refractivity contribution in [3.05, 3.63) is 66.3 Å². The molecule has 0 aliphatic carbocycles. The number of carbonyl (C=O) groups excluding carboxylic acids is 3. The van der Waals surface area contributed by atoms with Crippen molar-refractivity contribution in [2.24, 2.45) is 5.41 Å². The molecule has 0 heterocycles. The first kappa shape index (κ1) is 32.8. The first-order valence-corrected chi connectivity index (χ1v) is 14.8. The number of esters is 3. The molecule has 40 heavy (non-hydrogen) atoms. The summed E-state index contributed by atoms with van der Waals surface area (Å²) in [6.45, 7) is 7.09. The summed E-state index contributed by atoms with van der Waals surface area (Å²) in [6.07, 6.45) is 13.0. The van der Waals surface area contributed by atoms with Gasteiger partial charge < -0.3 is 14.2 Å². The first-order valence-electron chi connectivity index (χ1n) is 14.8. The van der Waals surface area contributed by atoms with Crippen molar-refractivity contribution in [1.29, 1.82) is 0 Å². The molecule has 0 saturated heterocycles. The van der Waals surface area contributed by atoms with E-state index in [9.17, 15) is 14.4 Å². The van der Waals surface area contributed by atoms with E-state index in [-0.39, 0.29) is 37.6 Å². The lowest BCUT2D eigenvalue weighted by Gasteiger charge is -2.28. The largest absolute Gasteiger partial charge is 0.466 e. The molecule has 0 aliphatic rings. The number of unbranched alkanes of at least 4 members (excludes halogenated alkanes) is 3. The minimum atomic E-state index is -1.16. The van der Waals surface area contributed by atoms with Crippen LogP contribution in [0.15, 0.2) is 60.7 Å². The second-order valence-corrected chi connectivity index (χ2v) is 10.1. The highest BCUT2D eigenvalue weighted by atomic mass is 16.5. The van der Waals surface area contributed by atoms with Crippen molar-refractivity contribution in [2.45, 2.75) is 85.0 Å². The number of fused-ring (bicyclic) bond motifs is 1. The van der Waals surface area contributed by atoms with E-state index in [2.05, 4.69) is 18.2 Å². The van der Waals surface area contributed by atoms with Gasteiger partial charge in [-0.3, -0.25) is 14.4 Å². The van der Waals surface area contributed by atoms with E-state index in [1.807, 2.05) is 63.3 Å². The Hall–Kier alpha value is -3.41. The van der Waals surface area contributed by atoms with E-state index < -0.39 is 11.4 Å². The molecule has 2 aromatic carbocycles. The molecule has 6 nitrogen and oxygen atoms in total. The lowest BCUT2D eigenvalue weighted by atomic mass is 9.78. The number of hydrogen-bond acceptors (Lipinski definition) is 6. The molecular weight excluding hydrogens is 504 g/mol. The molecule has 6 heteroatoms. The van der Waals surface area contributed by atoms with Gasteiger partial charge in [-0.05, 0) is 48.4 Å². The number of allylic oxidation sites excluding steroid dienone is 2. The van der Waals surface area contributed by atoms with E-state index >= 15 is 0 Å². The zero-order valence-electron chi connectivity index (χ0n) is 24.5. The molecule has 0 radical (unpaired) electrons. The summed E-state index contributed by atoms with van der Waals surface area (Å²) in [5.74, 6) is -1.15. The average Bonchev–Trinajstić information content (AvgIpc) is 2.96. The number of benzene rings is 2. The molecule has 0 N–H and O–H groups in total. The maximum Gasteiger partial charge on any atom is 0.315 e. The van der Waals surface area contributed by atoms with E-state index in [0.29, 0.717) is 19.8 Å². The first-order chi connectivity index (χ1) is 19.5. The number of rotatable bonds is 19. The molecule has 0 fully saturated rings. The van der Waals surface area contributed by atoms with Gasteiger partial charge in [0.1, 0.15) is 0 Å². The van der Waals surface area contributed by atoms with Crippen LogP contribution in [0.1, 0.15) is 90.5 Å². The van der Waals surface area contributed by atoms with E-state index in [4.69, 9.17) is 14.2 Å². The lowest BCUT2D eigenvalue weighted by molar-refractivity contribution is -0.155. The molecule has 0 bridgehead atoms. The highest BCUT2D eigenvalue weighted by Crippen LogP contribution is 2.34. The van der Waals surface area contributed by atoms with Crippen LogP contribution in [0, 0.1) is 5.41 Å². The standard InChI is InChI=1S/C34H46O6/c1-4-7-25-38-31(35)20-23-34(33(37)40-27-9-6-3,24-21-32(36)39-26-8-5-2)22-13-12-16-29-18-14-17-28-15-10-11-19-30(28)29/h10-19,22H,4-9,20-21,23-27H2,1-3H3/b16-12+,22-13+. The fourth-order valence-electron chi connectivity index (χ4n) is 4.27. The van der Waals surface area contributed by atoms with Crippen molar-refractivity contribution in [1.82, 2.24) is 0 Å². The van der Waals surface area contributed by atoms with Gasteiger partial charge in [0.2, 0.25) is 0 Å². The molecule has 0 aromatic heterocycles. The van der Waals surface area contributed by atoms with Crippen molar-refractivity contribution in [2.75, 3.05) is 19.8 Å². The van der Waals surface area contributed by atoms with Crippen molar-refractivity contribution < 1.29 is 28.6 Å². The van der Waals surface area contributed by atoms with E-state index in [0.717, 1.165) is 54.9 Å². The quantitative estimate of drug-likeness (QED) is 0.0763. The normalized spacial score (nSPS) is 11.8. The van der Waals surface area contributed by atoms with Crippen LogP contribution >= 0.6 is 0 Å². The molecule has 0 amide bonds. The molecule has 2 rings (SSSR count). The maximum absolute atomic E-state index is 13.5. The predicted octanol–water partition coefficient (Wildman–Crippen LogP) is 7.99. The smallest absolute Gasteiger partial charge is 0.315 e. The molecular formula is C34H46O6. The molecule has 0 saturated carbocycles. The highest BCUT2D eigenvalue weighted by molar-refractivity contribution is 5.90. The van der Waals surface area contributed by atoms with Gasteiger partial charge in [-0.15, -0.1) is 0 Å². The predicted molar refractivity (Wildman–Crippen MR) is 161 cm³/mol. The van der Waals surface area contributed by atoms with Crippen LogP contribution in [-0.4, -0.2) is 37.7 Å². The van der Waals surface area contributed by atoms with Crippen molar-refractivity contribution in [3.63, 3.8) is 0 Å². The Morgan fingerprint density at radius 3 is 1.85 bits per heavy atom. The van der Waals surface area contributed by atoms with E-state index in [1.54, 1.807) is 6.08 Å². The number of hydrogen-bond donors (Lipinski definition) is 0. The Morgan fingerprint density at radius 1 is 0.700 bits per heavy atom. The highest BCUT2D eigenvalue weighted by Gasteiger charge is 2.38. The SMILES string of the molecule is CCCCOC(=O)CCC(/C=C/C=C/c1cccc2ccccc12)(CCC(=O)OCCCC)C(=O)OCCCC. The van der Waals surface area contributed by atoms with Crippen LogP contribution in [0.25, 0.3) is 16.8 Å². The summed E-state index contributed by atoms with van der Waals surface area (Å²) >= 11 is 0. The third kappa shape index (κ3) is 11.4. The Bertz CT molecular complexity index is 1090. The Kier molecular flexibility index (Phi) is 15.4. The fourth-order valence-corrected chi connectivity index (χ4v) is 4.27. The Labute approximate surface area is 239 Å².